The second-order valence-electron chi connectivity index (χ2n) is 6.49. The molecule has 1 fully saturated rings. The number of benzene rings is 2. The van der Waals surface area contributed by atoms with Crippen molar-refractivity contribution in [3.05, 3.63) is 59.4 Å². The van der Waals surface area contributed by atoms with Gasteiger partial charge in [0, 0.05) is 13.0 Å². The van der Waals surface area contributed by atoms with Crippen molar-refractivity contribution >= 4 is 5.91 Å². The van der Waals surface area contributed by atoms with Crippen molar-refractivity contribution < 1.29 is 18.7 Å². The zero-order valence-corrected chi connectivity index (χ0v) is 15.2. The number of hydrogen-bond donors (Lipinski definition) is 0. The summed E-state index contributed by atoms with van der Waals surface area (Å²) in [5.74, 6) is 1.23. The molecule has 0 N–H and O–H groups in total. The van der Waals surface area contributed by atoms with Crippen LogP contribution in [0.3, 0.4) is 0 Å². The number of aryl methyl sites for hydroxylation is 1. The molecule has 5 heteroatoms. The van der Waals surface area contributed by atoms with Gasteiger partial charge < -0.3 is 14.4 Å². The Labute approximate surface area is 153 Å². The maximum Gasteiger partial charge on any atom is 0.223 e. The van der Waals surface area contributed by atoms with Gasteiger partial charge in [0.05, 0.1) is 20.3 Å². The van der Waals surface area contributed by atoms with Gasteiger partial charge in [-0.2, -0.15) is 0 Å². The number of nitrogens with zero attached hydrogens (tertiary/aromatic N) is 1. The summed E-state index contributed by atoms with van der Waals surface area (Å²) in [6, 6.07) is 12.2. The molecule has 26 heavy (non-hydrogen) atoms. The molecule has 1 aliphatic rings. The van der Waals surface area contributed by atoms with Gasteiger partial charge in [-0.25, -0.2) is 4.39 Å². The van der Waals surface area contributed by atoms with E-state index in [2.05, 4.69) is 0 Å². The summed E-state index contributed by atoms with van der Waals surface area (Å²) >= 11 is 0. The van der Waals surface area contributed by atoms with Crippen LogP contribution in [0.2, 0.25) is 0 Å². The molecule has 1 saturated heterocycles. The van der Waals surface area contributed by atoms with Gasteiger partial charge in [0.2, 0.25) is 5.91 Å². The molecule has 0 bridgehead atoms. The number of carbonyl (C=O) groups is 1. The summed E-state index contributed by atoms with van der Waals surface area (Å²) in [5, 5.41) is 0. The van der Waals surface area contributed by atoms with Crippen LogP contribution in [0, 0.1) is 5.82 Å². The van der Waals surface area contributed by atoms with Gasteiger partial charge in [0.15, 0.2) is 11.5 Å². The van der Waals surface area contributed by atoms with Gasteiger partial charge in [0.25, 0.3) is 0 Å². The topological polar surface area (TPSA) is 38.8 Å². The lowest BCUT2D eigenvalue weighted by molar-refractivity contribution is -0.132. The molecule has 1 amide bonds. The Kier molecular flexibility index (Phi) is 5.76. The van der Waals surface area contributed by atoms with E-state index in [-0.39, 0.29) is 17.8 Å². The van der Waals surface area contributed by atoms with Crippen LogP contribution in [-0.2, 0) is 11.2 Å². The summed E-state index contributed by atoms with van der Waals surface area (Å²) in [6.07, 6.45) is 2.98. The van der Waals surface area contributed by atoms with Crippen LogP contribution in [-0.4, -0.2) is 31.6 Å². The average Bonchev–Trinajstić information content (AvgIpc) is 3.16. The molecule has 0 aromatic heterocycles. The Balaban J connectivity index is 1.65. The number of ether oxygens (including phenoxy) is 2. The zero-order chi connectivity index (χ0) is 18.5. The molecule has 0 radical (unpaired) electrons. The lowest BCUT2D eigenvalue weighted by Gasteiger charge is -2.25. The Morgan fingerprint density at radius 1 is 1.12 bits per heavy atom. The van der Waals surface area contributed by atoms with Crippen LogP contribution < -0.4 is 9.47 Å². The first-order valence-corrected chi connectivity index (χ1v) is 8.88. The molecule has 0 saturated carbocycles. The molecular formula is C21H24FNO3. The van der Waals surface area contributed by atoms with Crippen molar-refractivity contribution in [2.45, 2.75) is 31.7 Å². The highest BCUT2D eigenvalue weighted by molar-refractivity contribution is 5.77. The molecule has 0 spiro atoms. The van der Waals surface area contributed by atoms with Gasteiger partial charge in [-0.3, -0.25) is 4.79 Å². The number of rotatable bonds is 6. The first-order valence-electron chi connectivity index (χ1n) is 8.88. The van der Waals surface area contributed by atoms with Crippen LogP contribution in [0.4, 0.5) is 4.39 Å². The first kappa shape index (κ1) is 18.2. The normalized spacial score (nSPS) is 16.6. The molecule has 1 aliphatic heterocycles. The molecule has 2 aromatic rings. The van der Waals surface area contributed by atoms with Crippen molar-refractivity contribution in [1.82, 2.24) is 4.90 Å². The fourth-order valence-corrected chi connectivity index (χ4v) is 3.53. The predicted molar refractivity (Wildman–Crippen MR) is 98.0 cm³/mol. The first-order chi connectivity index (χ1) is 12.6. The van der Waals surface area contributed by atoms with E-state index in [1.807, 2.05) is 23.1 Å². The number of carbonyl (C=O) groups excluding carboxylic acids is 1. The number of likely N-dealkylation sites (tertiary alicyclic amines) is 1. The summed E-state index contributed by atoms with van der Waals surface area (Å²) in [6.45, 7) is 0.757. The predicted octanol–water partition coefficient (Wildman–Crippen LogP) is 4.14. The Morgan fingerprint density at radius 2 is 1.85 bits per heavy atom. The fourth-order valence-electron chi connectivity index (χ4n) is 3.53. The Bertz CT molecular complexity index is 760. The van der Waals surface area contributed by atoms with E-state index in [9.17, 15) is 9.18 Å². The van der Waals surface area contributed by atoms with Crippen LogP contribution in [0.1, 0.15) is 36.4 Å². The van der Waals surface area contributed by atoms with E-state index < -0.39 is 0 Å². The van der Waals surface area contributed by atoms with Gasteiger partial charge in [-0.1, -0.05) is 18.2 Å². The monoisotopic (exact) mass is 357 g/mol. The molecule has 1 unspecified atom stereocenters. The fraction of sp³-hybridized carbons (Fsp3) is 0.381. The zero-order valence-electron chi connectivity index (χ0n) is 15.2. The van der Waals surface area contributed by atoms with Gasteiger partial charge in [-0.05, 0) is 54.7 Å². The number of hydrogen-bond acceptors (Lipinski definition) is 3. The minimum Gasteiger partial charge on any atom is -0.493 e. The Hall–Kier alpha value is -2.56. The summed E-state index contributed by atoms with van der Waals surface area (Å²) in [7, 11) is 3.20. The van der Waals surface area contributed by atoms with Crippen LogP contribution in [0.25, 0.3) is 0 Å². The summed E-state index contributed by atoms with van der Waals surface area (Å²) in [5.41, 5.74) is 2.04. The highest BCUT2D eigenvalue weighted by Gasteiger charge is 2.29. The van der Waals surface area contributed by atoms with Gasteiger partial charge in [0.1, 0.15) is 5.82 Å². The lowest BCUT2D eigenvalue weighted by Crippen LogP contribution is -2.30. The van der Waals surface area contributed by atoms with Gasteiger partial charge >= 0.3 is 0 Å². The highest BCUT2D eigenvalue weighted by Crippen LogP contribution is 2.33. The minimum atomic E-state index is -0.252. The molecule has 138 valence electrons. The maximum absolute atomic E-state index is 13.2. The smallest absolute Gasteiger partial charge is 0.223 e. The minimum absolute atomic E-state index is 0.0495. The van der Waals surface area contributed by atoms with Crippen LogP contribution in [0.15, 0.2) is 42.5 Å². The van der Waals surface area contributed by atoms with E-state index in [4.69, 9.17) is 9.47 Å². The van der Waals surface area contributed by atoms with Crippen LogP contribution >= 0.6 is 0 Å². The second kappa shape index (κ2) is 8.21. The molecule has 1 heterocycles. The third-order valence-corrected chi connectivity index (χ3v) is 4.90. The summed E-state index contributed by atoms with van der Waals surface area (Å²) < 4.78 is 23.7. The molecule has 4 nitrogen and oxygen atoms in total. The third kappa shape index (κ3) is 3.98. The maximum atomic E-state index is 13.2. The quantitative estimate of drug-likeness (QED) is 0.780. The number of halogens is 1. The van der Waals surface area contributed by atoms with E-state index in [0.717, 1.165) is 30.5 Å². The van der Waals surface area contributed by atoms with Crippen molar-refractivity contribution in [3.63, 3.8) is 0 Å². The van der Waals surface area contributed by atoms with E-state index >= 15 is 0 Å². The second-order valence-corrected chi connectivity index (χ2v) is 6.49. The third-order valence-electron chi connectivity index (χ3n) is 4.90. The molecular weight excluding hydrogens is 333 g/mol. The molecule has 2 aromatic carbocycles. The Morgan fingerprint density at radius 3 is 2.54 bits per heavy atom. The highest BCUT2D eigenvalue weighted by atomic mass is 19.1. The van der Waals surface area contributed by atoms with Crippen LogP contribution in [0.5, 0.6) is 11.5 Å². The lowest BCUT2D eigenvalue weighted by atomic mass is 10.0. The van der Waals surface area contributed by atoms with Crippen molar-refractivity contribution in [2.75, 3.05) is 20.8 Å². The molecule has 1 atom stereocenters. The van der Waals surface area contributed by atoms with E-state index in [1.165, 1.54) is 12.1 Å². The standard InChI is InChI=1S/C21H24FNO3/c1-25-19-11-5-15(14-20(19)26-2)6-12-21(24)23-13-3-4-18(23)16-7-9-17(22)10-8-16/h5,7-11,14,18H,3-4,6,12-13H2,1-2H3. The molecule has 3 rings (SSSR count). The number of amides is 1. The largest absolute Gasteiger partial charge is 0.493 e. The van der Waals surface area contributed by atoms with Crippen molar-refractivity contribution in [2.24, 2.45) is 0 Å². The average molecular weight is 357 g/mol. The number of methoxy groups -OCH3 is 2. The van der Waals surface area contributed by atoms with Gasteiger partial charge in [-0.15, -0.1) is 0 Å². The SMILES string of the molecule is COc1ccc(CCC(=O)N2CCCC2c2ccc(F)cc2)cc1OC. The molecule has 0 aliphatic carbocycles. The van der Waals surface area contributed by atoms with E-state index in [0.29, 0.717) is 24.3 Å². The van der Waals surface area contributed by atoms with Crippen molar-refractivity contribution in [3.8, 4) is 11.5 Å². The summed E-state index contributed by atoms with van der Waals surface area (Å²) in [4.78, 5) is 14.7. The van der Waals surface area contributed by atoms with E-state index in [1.54, 1.807) is 26.4 Å². The van der Waals surface area contributed by atoms with Crippen molar-refractivity contribution in [1.29, 1.82) is 0 Å².